The van der Waals surface area contributed by atoms with Gasteiger partial charge < -0.3 is 9.64 Å². The third kappa shape index (κ3) is 3.31. The minimum absolute atomic E-state index is 0.0280. The molecule has 1 aliphatic rings. The molecule has 2 aromatic rings. The molecule has 114 valence electrons. The van der Waals surface area contributed by atoms with Gasteiger partial charge >= 0.3 is 0 Å². The summed E-state index contributed by atoms with van der Waals surface area (Å²) in [6.07, 6.45) is 3.72. The number of ether oxygens (including phenoxy) is 1. The van der Waals surface area contributed by atoms with Crippen molar-refractivity contribution in [2.75, 3.05) is 32.6 Å². The zero-order valence-corrected chi connectivity index (χ0v) is 13.3. The van der Waals surface area contributed by atoms with Crippen molar-refractivity contribution in [1.29, 1.82) is 0 Å². The zero-order valence-electron chi connectivity index (χ0n) is 12.5. The topological polar surface area (TPSA) is 42.4 Å². The number of morpholine rings is 1. The maximum Gasteiger partial charge on any atom is 0.255 e. The van der Waals surface area contributed by atoms with Crippen LogP contribution >= 0.6 is 11.8 Å². The summed E-state index contributed by atoms with van der Waals surface area (Å²) < 4.78 is 5.27. The number of hydrogen-bond acceptors (Lipinski definition) is 4. The summed E-state index contributed by atoms with van der Waals surface area (Å²) in [7, 11) is 0. The standard InChI is InChI=1S/C17H18N2O2S/c1-22-15-4-2-3-13(11-15)16-6-5-14(12-18-16)17(20)19-7-9-21-10-8-19/h2-6,11-12H,7-10H2,1H3. The van der Waals surface area contributed by atoms with Crippen LogP contribution in [-0.2, 0) is 4.74 Å². The summed E-state index contributed by atoms with van der Waals surface area (Å²) in [5.74, 6) is 0.0280. The van der Waals surface area contributed by atoms with E-state index in [1.165, 1.54) is 4.90 Å². The monoisotopic (exact) mass is 314 g/mol. The van der Waals surface area contributed by atoms with E-state index in [2.05, 4.69) is 23.4 Å². The van der Waals surface area contributed by atoms with Gasteiger partial charge in [0.15, 0.2) is 0 Å². The molecule has 0 atom stereocenters. The number of hydrogen-bond donors (Lipinski definition) is 0. The Labute approximate surface area is 134 Å². The molecule has 2 heterocycles. The first-order valence-electron chi connectivity index (χ1n) is 7.25. The van der Waals surface area contributed by atoms with Gasteiger partial charge in [0.05, 0.1) is 24.5 Å². The number of pyridine rings is 1. The van der Waals surface area contributed by atoms with E-state index in [0.29, 0.717) is 31.9 Å². The Hall–Kier alpha value is -1.85. The van der Waals surface area contributed by atoms with Crippen molar-refractivity contribution in [3.05, 3.63) is 48.2 Å². The normalized spacial score (nSPS) is 14.9. The molecule has 3 rings (SSSR count). The number of nitrogens with zero attached hydrogens (tertiary/aromatic N) is 2. The van der Waals surface area contributed by atoms with Crippen LogP contribution in [0.25, 0.3) is 11.3 Å². The lowest BCUT2D eigenvalue weighted by Crippen LogP contribution is -2.40. The lowest BCUT2D eigenvalue weighted by atomic mass is 10.1. The molecule has 0 aliphatic carbocycles. The summed E-state index contributed by atoms with van der Waals surface area (Å²) in [6, 6.07) is 12.0. The molecule has 1 aromatic heterocycles. The number of aromatic nitrogens is 1. The maximum atomic E-state index is 12.4. The Morgan fingerprint density at radius 2 is 2.05 bits per heavy atom. The van der Waals surface area contributed by atoms with Crippen LogP contribution in [0.2, 0.25) is 0 Å². The van der Waals surface area contributed by atoms with Crippen LogP contribution in [-0.4, -0.2) is 48.4 Å². The molecule has 1 aliphatic heterocycles. The second-order valence-corrected chi connectivity index (χ2v) is 5.95. The third-order valence-electron chi connectivity index (χ3n) is 3.67. The fraction of sp³-hybridized carbons (Fsp3) is 0.294. The molecule has 1 saturated heterocycles. The minimum atomic E-state index is 0.0280. The van der Waals surface area contributed by atoms with Crippen molar-refractivity contribution >= 4 is 17.7 Å². The second-order valence-electron chi connectivity index (χ2n) is 5.07. The molecule has 0 radical (unpaired) electrons. The molecule has 1 aromatic carbocycles. The van der Waals surface area contributed by atoms with Crippen LogP contribution in [0.3, 0.4) is 0 Å². The SMILES string of the molecule is CSc1cccc(-c2ccc(C(=O)N3CCOCC3)cn2)c1. The molecule has 0 bridgehead atoms. The first-order chi connectivity index (χ1) is 10.8. The highest BCUT2D eigenvalue weighted by Crippen LogP contribution is 2.23. The van der Waals surface area contributed by atoms with E-state index in [1.54, 1.807) is 18.0 Å². The summed E-state index contributed by atoms with van der Waals surface area (Å²) in [4.78, 5) is 19.8. The van der Waals surface area contributed by atoms with Crippen molar-refractivity contribution in [1.82, 2.24) is 9.88 Å². The molecule has 0 N–H and O–H groups in total. The molecular formula is C17H18N2O2S. The lowest BCUT2D eigenvalue weighted by Gasteiger charge is -2.26. The van der Waals surface area contributed by atoms with Gasteiger partial charge in [-0.15, -0.1) is 11.8 Å². The number of carbonyl (C=O) groups excluding carboxylic acids is 1. The molecule has 0 unspecified atom stereocenters. The Morgan fingerprint density at radius 3 is 2.73 bits per heavy atom. The van der Waals surface area contributed by atoms with Crippen molar-refractivity contribution in [2.45, 2.75) is 4.90 Å². The Morgan fingerprint density at radius 1 is 1.23 bits per heavy atom. The molecule has 0 spiro atoms. The number of carbonyl (C=O) groups is 1. The maximum absolute atomic E-state index is 12.4. The quantitative estimate of drug-likeness (QED) is 0.817. The fourth-order valence-corrected chi connectivity index (χ4v) is 2.88. The Balaban J connectivity index is 1.78. The van der Waals surface area contributed by atoms with Crippen molar-refractivity contribution < 1.29 is 9.53 Å². The number of thioether (sulfide) groups is 1. The molecule has 0 saturated carbocycles. The molecular weight excluding hydrogens is 296 g/mol. The van der Waals surface area contributed by atoms with E-state index in [-0.39, 0.29) is 5.91 Å². The third-order valence-corrected chi connectivity index (χ3v) is 4.40. The van der Waals surface area contributed by atoms with Gasteiger partial charge in [-0.1, -0.05) is 12.1 Å². The zero-order chi connectivity index (χ0) is 15.4. The molecule has 5 heteroatoms. The van der Waals surface area contributed by atoms with Gasteiger partial charge in [0, 0.05) is 29.7 Å². The summed E-state index contributed by atoms with van der Waals surface area (Å²) in [5, 5.41) is 0. The van der Waals surface area contributed by atoms with Crippen LogP contribution in [0.1, 0.15) is 10.4 Å². The van der Waals surface area contributed by atoms with E-state index in [0.717, 1.165) is 11.3 Å². The first kappa shape index (κ1) is 15.1. The predicted molar refractivity (Wildman–Crippen MR) is 88.2 cm³/mol. The van der Waals surface area contributed by atoms with Crippen LogP contribution in [0, 0.1) is 0 Å². The van der Waals surface area contributed by atoms with Crippen molar-refractivity contribution in [2.24, 2.45) is 0 Å². The smallest absolute Gasteiger partial charge is 0.255 e. The van der Waals surface area contributed by atoms with E-state index < -0.39 is 0 Å². The van der Waals surface area contributed by atoms with Crippen LogP contribution < -0.4 is 0 Å². The van der Waals surface area contributed by atoms with E-state index in [1.807, 2.05) is 29.2 Å². The number of rotatable bonds is 3. The molecule has 1 fully saturated rings. The molecule has 4 nitrogen and oxygen atoms in total. The van der Waals surface area contributed by atoms with Crippen LogP contribution in [0.4, 0.5) is 0 Å². The molecule has 22 heavy (non-hydrogen) atoms. The van der Waals surface area contributed by atoms with E-state index >= 15 is 0 Å². The van der Waals surface area contributed by atoms with Crippen molar-refractivity contribution in [3.63, 3.8) is 0 Å². The Bertz CT molecular complexity index is 652. The summed E-state index contributed by atoms with van der Waals surface area (Å²) >= 11 is 1.70. The average molecular weight is 314 g/mol. The van der Waals surface area contributed by atoms with Gasteiger partial charge in [0.25, 0.3) is 5.91 Å². The van der Waals surface area contributed by atoms with Gasteiger partial charge in [-0.25, -0.2) is 0 Å². The number of amides is 1. The van der Waals surface area contributed by atoms with Crippen LogP contribution in [0.5, 0.6) is 0 Å². The van der Waals surface area contributed by atoms with Crippen LogP contribution in [0.15, 0.2) is 47.5 Å². The lowest BCUT2D eigenvalue weighted by molar-refractivity contribution is 0.0302. The second kappa shape index (κ2) is 6.94. The summed E-state index contributed by atoms with van der Waals surface area (Å²) in [6.45, 7) is 2.52. The first-order valence-corrected chi connectivity index (χ1v) is 8.48. The van der Waals surface area contributed by atoms with Gasteiger partial charge in [-0.05, 0) is 30.5 Å². The number of benzene rings is 1. The van der Waals surface area contributed by atoms with Crippen molar-refractivity contribution in [3.8, 4) is 11.3 Å². The van der Waals surface area contributed by atoms with Gasteiger partial charge in [-0.3, -0.25) is 9.78 Å². The summed E-state index contributed by atoms with van der Waals surface area (Å²) in [5.41, 5.74) is 2.58. The molecule has 1 amide bonds. The predicted octanol–water partition coefficient (Wildman–Crippen LogP) is 2.94. The average Bonchev–Trinajstić information content (AvgIpc) is 2.62. The van der Waals surface area contributed by atoms with Gasteiger partial charge in [0.1, 0.15) is 0 Å². The largest absolute Gasteiger partial charge is 0.378 e. The highest BCUT2D eigenvalue weighted by molar-refractivity contribution is 7.98. The highest BCUT2D eigenvalue weighted by atomic mass is 32.2. The van der Waals surface area contributed by atoms with E-state index in [9.17, 15) is 4.79 Å². The van der Waals surface area contributed by atoms with Gasteiger partial charge in [-0.2, -0.15) is 0 Å². The minimum Gasteiger partial charge on any atom is -0.378 e. The van der Waals surface area contributed by atoms with E-state index in [4.69, 9.17) is 4.74 Å². The highest BCUT2D eigenvalue weighted by Gasteiger charge is 2.18. The fourth-order valence-electron chi connectivity index (χ4n) is 2.42. The van der Waals surface area contributed by atoms with Gasteiger partial charge in [0.2, 0.25) is 0 Å². The Kier molecular flexibility index (Phi) is 4.75.